The third-order valence-corrected chi connectivity index (χ3v) is 5.55. The fourth-order valence-electron chi connectivity index (χ4n) is 4.34. The van der Waals surface area contributed by atoms with Crippen LogP contribution in [0.5, 0.6) is 0 Å². The Morgan fingerprint density at radius 2 is 1.81 bits per heavy atom. The maximum absolute atomic E-state index is 12.6. The lowest BCUT2D eigenvalue weighted by Gasteiger charge is -2.33. The minimum atomic E-state index is -0.721. The van der Waals surface area contributed by atoms with Gasteiger partial charge in [0.15, 0.2) is 0 Å². The second-order valence-corrected chi connectivity index (χ2v) is 6.97. The predicted molar refractivity (Wildman–Crippen MR) is 78.8 cm³/mol. The number of carboxylic acid groups (broad SMARTS) is 1. The first-order chi connectivity index (χ1) is 10.1. The Labute approximate surface area is 126 Å². The van der Waals surface area contributed by atoms with Crippen LogP contribution in [0, 0.1) is 11.8 Å². The summed E-state index contributed by atoms with van der Waals surface area (Å²) in [5, 5.41) is 12.4. The van der Waals surface area contributed by atoms with Crippen molar-refractivity contribution in [3.63, 3.8) is 0 Å². The Hall–Kier alpha value is -1.10. The topological polar surface area (TPSA) is 69.6 Å². The second-order valence-electron chi connectivity index (χ2n) is 6.97. The van der Waals surface area contributed by atoms with Gasteiger partial charge in [-0.15, -0.1) is 0 Å². The van der Waals surface area contributed by atoms with Gasteiger partial charge in [-0.3, -0.25) is 9.59 Å². The number of amides is 1. The van der Waals surface area contributed by atoms with E-state index in [9.17, 15) is 9.59 Å². The zero-order valence-corrected chi connectivity index (χ0v) is 12.6. The molecule has 21 heavy (non-hydrogen) atoms. The molecule has 3 unspecified atom stereocenters. The summed E-state index contributed by atoms with van der Waals surface area (Å²) < 4.78 is 0. The average molecular weight is 294 g/mol. The van der Waals surface area contributed by atoms with Crippen LogP contribution < -0.4 is 5.32 Å². The molecule has 5 heteroatoms. The Kier molecular flexibility index (Phi) is 4.48. The highest BCUT2D eigenvalue weighted by molar-refractivity contribution is 5.82. The lowest BCUT2D eigenvalue weighted by Crippen LogP contribution is -2.48. The Balaban J connectivity index is 1.49. The summed E-state index contributed by atoms with van der Waals surface area (Å²) in [6, 6.07) is 0.561. The van der Waals surface area contributed by atoms with Crippen LogP contribution >= 0.6 is 0 Å². The summed E-state index contributed by atoms with van der Waals surface area (Å²) in [5.74, 6) is 0.461. The SMILES string of the molecule is O=C(O)CC1CCN(C(=O)C2CC3CCCCC3N2)CC1. The van der Waals surface area contributed by atoms with Crippen LogP contribution in [0.15, 0.2) is 0 Å². The molecule has 2 heterocycles. The van der Waals surface area contributed by atoms with Crippen LogP contribution in [-0.4, -0.2) is 47.1 Å². The molecule has 0 aromatic rings. The number of hydrogen-bond donors (Lipinski definition) is 2. The van der Waals surface area contributed by atoms with Crippen molar-refractivity contribution in [1.29, 1.82) is 0 Å². The number of carboxylic acids is 1. The first-order valence-corrected chi connectivity index (χ1v) is 8.40. The van der Waals surface area contributed by atoms with Crippen LogP contribution in [0.2, 0.25) is 0 Å². The number of nitrogens with zero attached hydrogens (tertiary/aromatic N) is 1. The van der Waals surface area contributed by atoms with Crippen molar-refractivity contribution in [2.45, 2.75) is 63.5 Å². The molecule has 3 rings (SSSR count). The van der Waals surface area contributed by atoms with E-state index in [1.165, 1.54) is 25.7 Å². The zero-order valence-electron chi connectivity index (χ0n) is 12.6. The van der Waals surface area contributed by atoms with E-state index in [1.54, 1.807) is 0 Å². The lowest BCUT2D eigenvalue weighted by atomic mass is 9.85. The number of hydrogen-bond acceptors (Lipinski definition) is 3. The summed E-state index contributed by atoms with van der Waals surface area (Å²) in [6.45, 7) is 1.45. The van der Waals surface area contributed by atoms with Gasteiger partial charge in [-0.2, -0.15) is 0 Å². The smallest absolute Gasteiger partial charge is 0.303 e. The van der Waals surface area contributed by atoms with E-state index in [0.29, 0.717) is 12.0 Å². The van der Waals surface area contributed by atoms with Crippen molar-refractivity contribution in [1.82, 2.24) is 10.2 Å². The molecule has 3 fully saturated rings. The van der Waals surface area contributed by atoms with Crippen LogP contribution in [0.1, 0.15) is 51.4 Å². The molecule has 0 bridgehead atoms. The molecule has 0 aromatic carbocycles. The number of carbonyl (C=O) groups excluding carboxylic acids is 1. The molecule has 0 aromatic heterocycles. The van der Waals surface area contributed by atoms with Crippen molar-refractivity contribution < 1.29 is 14.7 Å². The van der Waals surface area contributed by atoms with Gasteiger partial charge in [0.2, 0.25) is 5.91 Å². The molecule has 0 radical (unpaired) electrons. The third kappa shape index (κ3) is 3.39. The summed E-state index contributed by atoms with van der Waals surface area (Å²) in [6.07, 6.45) is 7.99. The monoisotopic (exact) mass is 294 g/mol. The first kappa shape index (κ1) is 14.8. The Morgan fingerprint density at radius 3 is 2.48 bits per heavy atom. The highest BCUT2D eigenvalue weighted by Gasteiger charge is 2.40. The quantitative estimate of drug-likeness (QED) is 0.830. The Bertz CT molecular complexity index is 390. The van der Waals surface area contributed by atoms with Gasteiger partial charge >= 0.3 is 5.97 Å². The number of rotatable bonds is 3. The minimum absolute atomic E-state index is 0.00845. The van der Waals surface area contributed by atoms with Crippen molar-refractivity contribution in [3.05, 3.63) is 0 Å². The van der Waals surface area contributed by atoms with Gasteiger partial charge in [0.1, 0.15) is 0 Å². The fourth-order valence-corrected chi connectivity index (χ4v) is 4.34. The van der Waals surface area contributed by atoms with E-state index in [0.717, 1.165) is 32.4 Å². The largest absolute Gasteiger partial charge is 0.481 e. The molecular weight excluding hydrogens is 268 g/mol. The zero-order chi connectivity index (χ0) is 14.8. The molecule has 5 nitrogen and oxygen atoms in total. The van der Waals surface area contributed by atoms with Crippen molar-refractivity contribution in [2.24, 2.45) is 11.8 Å². The highest BCUT2D eigenvalue weighted by Crippen LogP contribution is 2.34. The number of piperidine rings is 1. The van der Waals surface area contributed by atoms with Gasteiger partial charge < -0.3 is 15.3 Å². The van der Waals surface area contributed by atoms with E-state index in [-0.39, 0.29) is 24.3 Å². The van der Waals surface area contributed by atoms with Crippen LogP contribution in [-0.2, 0) is 9.59 Å². The maximum Gasteiger partial charge on any atom is 0.303 e. The lowest BCUT2D eigenvalue weighted by molar-refractivity contribution is -0.139. The number of fused-ring (bicyclic) bond motifs is 1. The molecular formula is C16H26N2O3. The van der Waals surface area contributed by atoms with Gasteiger partial charge in [0.25, 0.3) is 0 Å². The van der Waals surface area contributed by atoms with Crippen LogP contribution in [0.4, 0.5) is 0 Å². The van der Waals surface area contributed by atoms with Gasteiger partial charge in [-0.25, -0.2) is 0 Å². The molecule has 2 saturated heterocycles. The maximum atomic E-state index is 12.6. The molecule has 3 aliphatic rings. The molecule has 118 valence electrons. The Morgan fingerprint density at radius 1 is 1.10 bits per heavy atom. The number of aliphatic carboxylic acids is 1. The predicted octanol–water partition coefficient (Wildman–Crippen LogP) is 1.62. The summed E-state index contributed by atoms with van der Waals surface area (Å²) in [5.41, 5.74) is 0. The number of carbonyl (C=O) groups is 2. The van der Waals surface area contributed by atoms with Crippen LogP contribution in [0.3, 0.4) is 0 Å². The molecule has 2 aliphatic heterocycles. The van der Waals surface area contributed by atoms with Gasteiger partial charge in [-0.1, -0.05) is 12.8 Å². The molecule has 2 N–H and O–H groups in total. The third-order valence-electron chi connectivity index (χ3n) is 5.55. The van der Waals surface area contributed by atoms with Gasteiger partial charge in [0, 0.05) is 25.6 Å². The van der Waals surface area contributed by atoms with Crippen molar-refractivity contribution >= 4 is 11.9 Å². The normalized spacial score (nSPS) is 33.7. The molecule has 1 amide bonds. The summed E-state index contributed by atoms with van der Waals surface area (Å²) in [4.78, 5) is 25.3. The standard InChI is InChI=1S/C16H26N2O3/c19-15(20)9-11-5-7-18(8-6-11)16(21)14-10-12-3-1-2-4-13(12)17-14/h11-14,17H,1-10H2,(H,19,20). The number of nitrogens with one attached hydrogen (secondary N) is 1. The first-order valence-electron chi connectivity index (χ1n) is 8.40. The van der Waals surface area contributed by atoms with Gasteiger partial charge in [-0.05, 0) is 43.9 Å². The fraction of sp³-hybridized carbons (Fsp3) is 0.875. The van der Waals surface area contributed by atoms with E-state index >= 15 is 0 Å². The van der Waals surface area contributed by atoms with E-state index in [4.69, 9.17) is 5.11 Å². The second kappa shape index (κ2) is 6.34. The molecule has 1 saturated carbocycles. The van der Waals surface area contributed by atoms with E-state index in [2.05, 4.69) is 5.32 Å². The molecule has 3 atom stereocenters. The van der Waals surface area contributed by atoms with Gasteiger partial charge in [0.05, 0.1) is 6.04 Å². The average Bonchev–Trinajstić information content (AvgIpc) is 2.90. The molecule has 0 spiro atoms. The van der Waals surface area contributed by atoms with Crippen molar-refractivity contribution in [3.8, 4) is 0 Å². The minimum Gasteiger partial charge on any atom is -0.481 e. The summed E-state index contributed by atoms with van der Waals surface area (Å²) in [7, 11) is 0. The highest BCUT2D eigenvalue weighted by atomic mass is 16.4. The van der Waals surface area contributed by atoms with Crippen molar-refractivity contribution in [2.75, 3.05) is 13.1 Å². The van der Waals surface area contributed by atoms with E-state index < -0.39 is 5.97 Å². The van der Waals surface area contributed by atoms with Crippen LogP contribution in [0.25, 0.3) is 0 Å². The summed E-state index contributed by atoms with van der Waals surface area (Å²) >= 11 is 0. The number of likely N-dealkylation sites (tertiary alicyclic amines) is 1. The molecule has 1 aliphatic carbocycles. The van der Waals surface area contributed by atoms with E-state index in [1.807, 2.05) is 4.90 Å².